The first-order valence-corrected chi connectivity index (χ1v) is 8.51. The minimum absolute atomic E-state index is 0.122. The third kappa shape index (κ3) is 4.26. The van der Waals surface area contributed by atoms with Gasteiger partial charge in [0.25, 0.3) is 0 Å². The molecule has 0 aromatic heterocycles. The highest BCUT2D eigenvalue weighted by molar-refractivity contribution is 9.10. The van der Waals surface area contributed by atoms with Gasteiger partial charge >= 0.3 is 0 Å². The lowest BCUT2D eigenvalue weighted by atomic mass is 9.71. The predicted octanol–water partition coefficient (Wildman–Crippen LogP) is 5.20. The van der Waals surface area contributed by atoms with E-state index in [2.05, 4.69) is 29.8 Å². The number of benzene rings is 1. The van der Waals surface area contributed by atoms with Gasteiger partial charge in [0, 0.05) is 11.1 Å². The highest BCUT2D eigenvalue weighted by atomic mass is 79.9. The maximum Gasteiger partial charge on any atom is 0.143 e. The zero-order valence-electron chi connectivity index (χ0n) is 12.8. The smallest absolute Gasteiger partial charge is 0.143 e. The van der Waals surface area contributed by atoms with E-state index in [1.54, 1.807) is 0 Å². The minimum Gasteiger partial charge on any atom is -0.325 e. The molecule has 0 bridgehead atoms. The van der Waals surface area contributed by atoms with Gasteiger partial charge in [-0.05, 0) is 65.6 Å². The lowest BCUT2D eigenvalue weighted by Crippen LogP contribution is -2.46. The number of nitrogens with two attached hydrogens (primary N) is 1. The molecule has 0 aliphatic heterocycles. The summed E-state index contributed by atoms with van der Waals surface area (Å²) in [5.41, 5.74) is 6.13. The van der Waals surface area contributed by atoms with Crippen LogP contribution in [0.2, 0.25) is 0 Å². The van der Waals surface area contributed by atoms with Crippen molar-refractivity contribution in [3.8, 4) is 0 Å². The molecule has 0 saturated heterocycles. The van der Waals surface area contributed by atoms with E-state index in [1.807, 2.05) is 0 Å². The molecule has 2 unspecified atom stereocenters. The van der Waals surface area contributed by atoms with E-state index in [-0.39, 0.29) is 12.0 Å². The molecule has 2 atom stereocenters. The van der Waals surface area contributed by atoms with Crippen LogP contribution in [-0.4, -0.2) is 5.54 Å². The molecule has 1 aromatic rings. The van der Waals surface area contributed by atoms with Crippen molar-refractivity contribution < 1.29 is 8.78 Å². The van der Waals surface area contributed by atoms with E-state index < -0.39 is 17.2 Å². The van der Waals surface area contributed by atoms with Crippen molar-refractivity contribution in [3.63, 3.8) is 0 Å². The fourth-order valence-electron chi connectivity index (χ4n) is 3.63. The summed E-state index contributed by atoms with van der Waals surface area (Å²) < 4.78 is 28.4. The van der Waals surface area contributed by atoms with Gasteiger partial charge in [-0.2, -0.15) is 0 Å². The van der Waals surface area contributed by atoms with Gasteiger partial charge in [0.15, 0.2) is 0 Å². The first-order chi connectivity index (χ1) is 9.81. The van der Waals surface area contributed by atoms with Crippen molar-refractivity contribution in [2.75, 3.05) is 0 Å². The Morgan fingerprint density at radius 2 is 2.10 bits per heavy atom. The molecule has 1 fully saturated rings. The molecule has 2 rings (SSSR count). The van der Waals surface area contributed by atoms with Gasteiger partial charge in [0.05, 0.1) is 4.47 Å². The number of halogens is 3. The quantitative estimate of drug-likeness (QED) is 0.734. The molecule has 0 spiro atoms. The van der Waals surface area contributed by atoms with Crippen LogP contribution in [-0.2, 0) is 6.42 Å². The Labute approximate surface area is 134 Å². The average Bonchev–Trinajstić information content (AvgIpc) is 2.39. The van der Waals surface area contributed by atoms with Gasteiger partial charge in [-0.1, -0.05) is 26.7 Å². The Morgan fingerprint density at radius 3 is 2.76 bits per heavy atom. The summed E-state index contributed by atoms with van der Waals surface area (Å²) in [6.07, 6.45) is 5.34. The number of hydrogen-bond donors (Lipinski definition) is 1. The Balaban J connectivity index is 2.16. The van der Waals surface area contributed by atoms with Crippen molar-refractivity contribution in [2.24, 2.45) is 17.6 Å². The summed E-state index contributed by atoms with van der Waals surface area (Å²) in [5, 5.41) is 0. The Bertz CT molecular complexity index is 504. The molecular weight excluding hydrogens is 336 g/mol. The van der Waals surface area contributed by atoms with Gasteiger partial charge in [0.2, 0.25) is 0 Å². The van der Waals surface area contributed by atoms with Crippen LogP contribution >= 0.6 is 15.9 Å². The largest absolute Gasteiger partial charge is 0.325 e. The average molecular weight is 360 g/mol. The number of rotatable bonds is 4. The van der Waals surface area contributed by atoms with Crippen molar-refractivity contribution in [1.82, 2.24) is 0 Å². The van der Waals surface area contributed by atoms with Crippen LogP contribution in [0.3, 0.4) is 0 Å². The normalized spacial score (nSPS) is 26.3. The molecule has 1 aliphatic rings. The molecular formula is C17H24BrF2N. The molecule has 1 nitrogen and oxygen atoms in total. The number of hydrogen-bond acceptors (Lipinski definition) is 1. The van der Waals surface area contributed by atoms with Crippen LogP contribution in [0.15, 0.2) is 16.6 Å². The first kappa shape index (κ1) is 16.9. The minimum atomic E-state index is -0.509. The molecule has 0 amide bonds. The lowest BCUT2D eigenvalue weighted by molar-refractivity contribution is 0.198. The van der Waals surface area contributed by atoms with Crippen molar-refractivity contribution in [3.05, 3.63) is 33.8 Å². The van der Waals surface area contributed by atoms with E-state index in [4.69, 9.17) is 5.73 Å². The lowest BCUT2D eigenvalue weighted by Gasteiger charge is -2.39. The highest BCUT2D eigenvalue weighted by Gasteiger charge is 2.34. The van der Waals surface area contributed by atoms with Crippen molar-refractivity contribution in [2.45, 2.75) is 57.9 Å². The molecule has 0 heterocycles. The topological polar surface area (TPSA) is 26.0 Å². The zero-order valence-corrected chi connectivity index (χ0v) is 14.3. The standard InChI is InChI=1S/C17H24BrF2N/c1-11(2)8-12-4-3-7-17(21,9-12)10-13-15(19)6-5-14(18)16(13)20/h5-6,11-12H,3-4,7-10,21H2,1-2H3. The van der Waals surface area contributed by atoms with Gasteiger partial charge in [-0.15, -0.1) is 0 Å². The summed E-state index contributed by atoms with van der Waals surface area (Å²) in [4.78, 5) is 0. The molecule has 1 aliphatic carbocycles. The summed E-state index contributed by atoms with van der Waals surface area (Å²) >= 11 is 3.12. The highest BCUT2D eigenvalue weighted by Crippen LogP contribution is 2.37. The Hall–Kier alpha value is -0.480. The summed E-state index contributed by atoms with van der Waals surface area (Å²) in [7, 11) is 0. The fraction of sp³-hybridized carbons (Fsp3) is 0.647. The monoisotopic (exact) mass is 359 g/mol. The van der Waals surface area contributed by atoms with Crippen molar-refractivity contribution in [1.29, 1.82) is 0 Å². The second-order valence-corrected chi connectivity index (χ2v) is 7.81. The van der Waals surface area contributed by atoms with Crippen LogP contribution in [0, 0.1) is 23.5 Å². The van der Waals surface area contributed by atoms with Gasteiger partial charge in [-0.3, -0.25) is 0 Å². The third-order valence-electron chi connectivity index (χ3n) is 4.45. The molecule has 2 N–H and O–H groups in total. The van der Waals surface area contributed by atoms with E-state index >= 15 is 0 Å². The van der Waals surface area contributed by atoms with Gasteiger partial charge < -0.3 is 5.73 Å². The summed E-state index contributed by atoms with van der Waals surface area (Å²) in [6.45, 7) is 4.42. The molecule has 0 radical (unpaired) electrons. The SMILES string of the molecule is CC(C)CC1CCCC(N)(Cc2c(F)ccc(Br)c2F)C1. The molecule has 21 heavy (non-hydrogen) atoms. The van der Waals surface area contributed by atoms with E-state index in [1.165, 1.54) is 18.6 Å². The Morgan fingerprint density at radius 1 is 1.38 bits per heavy atom. The maximum atomic E-state index is 14.2. The maximum absolute atomic E-state index is 14.2. The van der Waals surface area contributed by atoms with Crippen LogP contribution in [0.4, 0.5) is 8.78 Å². The summed E-state index contributed by atoms with van der Waals surface area (Å²) in [5.74, 6) is 0.205. The van der Waals surface area contributed by atoms with Crippen LogP contribution in [0.25, 0.3) is 0 Å². The Kier molecular flexibility index (Phi) is 5.42. The summed E-state index contributed by atoms with van der Waals surface area (Å²) in [6, 6.07) is 2.71. The van der Waals surface area contributed by atoms with E-state index in [9.17, 15) is 8.78 Å². The van der Waals surface area contributed by atoms with E-state index in [0.29, 0.717) is 16.3 Å². The molecule has 1 saturated carbocycles. The molecule has 1 aromatic carbocycles. The second kappa shape index (κ2) is 6.74. The van der Waals surface area contributed by atoms with Crippen LogP contribution in [0.1, 0.15) is 51.5 Å². The second-order valence-electron chi connectivity index (χ2n) is 6.95. The molecule has 4 heteroatoms. The van der Waals surface area contributed by atoms with Crippen LogP contribution in [0.5, 0.6) is 0 Å². The fourth-order valence-corrected chi connectivity index (χ4v) is 4.00. The van der Waals surface area contributed by atoms with Crippen molar-refractivity contribution >= 4 is 15.9 Å². The first-order valence-electron chi connectivity index (χ1n) is 7.72. The van der Waals surface area contributed by atoms with Gasteiger partial charge in [-0.25, -0.2) is 8.78 Å². The third-order valence-corrected chi connectivity index (χ3v) is 5.07. The van der Waals surface area contributed by atoms with Crippen LogP contribution < -0.4 is 5.73 Å². The molecule has 118 valence electrons. The zero-order chi connectivity index (χ0) is 15.6. The predicted molar refractivity (Wildman–Crippen MR) is 86.1 cm³/mol. The van der Waals surface area contributed by atoms with E-state index in [0.717, 1.165) is 25.7 Å². The van der Waals surface area contributed by atoms with Gasteiger partial charge in [0.1, 0.15) is 11.6 Å².